The van der Waals surface area contributed by atoms with Gasteiger partial charge in [0.05, 0.1) is 18.8 Å². The maximum absolute atomic E-state index is 11.8. The molecule has 1 N–H and O–H groups in total. The van der Waals surface area contributed by atoms with Crippen molar-refractivity contribution in [2.75, 3.05) is 5.33 Å². The Balaban J connectivity index is 1.77. The number of hydrogen-bond donors (Lipinski definition) is 1. The van der Waals surface area contributed by atoms with Crippen molar-refractivity contribution in [1.82, 2.24) is 0 Å². The number of alkyl halides is 2. The van der Waals surface area contributed by atoms with E-state index in [0.29, 0.717) is 11.9 Å². The third kappa shape index (κ3) is 7.22. The number of benzene rings is 1. The average Bonchev–Trinajstić information content (AvgIpc) is 2.78. The Kier molecular flexibility index (Phi) is 10.3. The quantitative estimate of drug-likeness (QED) is 0.351. The number of carbonyl (C=O) groups excluding carboxylic acids is 2. The van der Waals surface area contributed by atoms with E-state index in [-0.39, 0.29) is 6.42 Å². The van der Waals surface area contributed by atoms with Gasteiger partial charge in [0.15, 0.2) is 24.8 Å². The van der Waals surface area contributed by atoms with Crippen molar-refractivity contribution in [1.29, 1.82) is 0 Å². The molecular formula is C23H30Br2O9. The van der Waals surface area contributed by atoms with E-state index in [0.717, 1.165) is 5.56 Å². The van der Waals surface area contributed by atoms with E-state index in [1.165, 1.54) is 13.8 Å². The maximum Gasteiger partial charge on any atom is 0.303 e. The van der Waals surface area contributed by atoms with Crippen LogP contribution in [-0.4, -0.2) is 76.4 Å². The van der Waals surface area contributed by atoms with Crippen LogP contribution >= 0.6 is 31.9 Å². The van der Waals surface area contributed by atoms with Crippen molar-refractivity contribution in [3.05, 3.63) is 35.9 Å². The summed E-state index contributed by atoms with van der Waals surface area (Å²) in [5, 5.41) is 10.5. The molecule has 0 bridgehead atoms. The minimum Gasteiger partial charge on any atom is -0.457 e. The molecule has 9 atom stereocenters. The summed E-state index contributed by atoms with van der Waals surface area (Å²) in [5.74, 6) is -1.05. The highest BCUT2D eigenvalue weighted by Gasteiger charge is 2.51. The van der Waals surface area contributed by atoms with Gasteiger partial charge in [-0.2, -0.15) is 0 Å². The molecule has 2 heterocycles. The van der Waals surface area contributed by atoms with Crippen molar-refractivity contribution >= 4 is 43.8 Å². The molecule has 2 saturated heterocycles. The summed E-state index contributed by atoms with van der Waals surface area (Å²) in [6.07, 6.45) is -5.55. The fourth-order valence-corrected chi connectivity index (χ4v) is 5.25. The second-order valence-corrected chi connectivity index (χ2v) is 9.96. The highest BCUT2D eigenvalue weighted by atomic mass is 79.9. The first-order valence-electron chi connectivity index (χ1n) is 11.0. The van der Waals surface area contributed by atoms with E-state index in [9.17, 15) is 14.7 Å². The third-order valence-electron chi connectivity index (χ3n) is 5.56. The van der Waals surface area contributed by atoms with Crippen LogP contribution in [0.2, 0.25) is 0 Å². The summed E-state index contributed by atoms with van der Waals surface area (Å²) in [4.78, 5) is 22.8. The molecule has 3 rings (SSSR count). The van der Waals surface area contributed by atoms with Crippen LogP contribution in [0.25, 0.3) is 0 Å². The third-order valence-corrected chi connectivity index (χ3v) is 7.15. The number of carbonyl (C=O) groups is 2. The zero-order valence-corrected chi connectivity index (χ0v) is 22.3. The second-order valence-electron chi connectivity index (χ2n) is 8.26. The van der Waals surface area contributed by atoms with Gasteiger partial charge in [0.25, 0.3) is 0 Å². The van der Waals surface area contributed by atoms with E-state index in [1.807, 2.05) is 30.3 Å². The summed E-state index contributed by atoms with van der Waals surface area (Å²) in [7, 11) is 0. The van der Waals surface area contributed by atoms with Crippen LogP contribution in [0.4, 0.5) is 0 Å². The Bertz CT molecular complexity index is 811. The Labute approximate surface area is 215 Å². The molecule has 2 aliphatic heterocycles. The molecule has 0 spiro atoms. The van der Waals surface area contributed by atoms with Gasteiger partial charge in [0.2, 0.25) is 0 Å². The topological polar surface area (TPSA) is 110 Å². The van der Waals surface area contributed by atoms with E-state index >= 15 is 0 Å². The highest BCUT2D eigenvalue weighted by Crippen LogP contribution is 2.35. The Morgan fingerprint density at radius 1 is 1.06 bits per heavy atom. The molecule has 190 valence electrons. The van der Waals surface area contributed by atoms with Crippen molar-refractivity contribution in [2.24, 2.45) is 0 Å². The predicted molar refractivity (Wildman–Crippen MR) is 127 cm³/mol. The van der Waals surface area contributed by atoms with Gasteiger partial charge in [-0.1, -0.05) is 62.2 Å². The zero-order valence-electron chi connectivity index (χ0n) is 19.2. The van der Waals surface area contributed by atoms with E-state index in [2.05, 4.69) is 31.9 Å². The Morgan fingerprint density at radius 2 is 1.71 bits per heavy atom. The standard InChI is InChI=1S/C23H30Br2O9/c1-12-20(16(9-18(28)30-12)29-11-15-7-5-4-6-8-15)34-23-19(25)22(32-14(3)27)21(31-13(2)26)17(10-24)33-23/h4-8,12,16-23,28H,9-11H2,1-3H3/t12-,16-,17-,18+,19-,20-,21-,22-,23+/m1/s1. The van der Waals surface area contributed by atoms with Crippen LogP contribution in [0.15, 0.2) is 30.3 Å². The van der Waals surface area contributed by atoms with Crippen LogP contribution in [0.1, 0.15) is 32.8 Å². The summed E-state index contributed by atoms with van der Waals surface area (Å²) in [6, 6.07) is 9.68. The van der Waals surface area contributed by atoms with Gasteiger partial charge in [-0.3, -0.25) is 9.59 Å². The molecule has 0 unspecified atom stereocenters. The predicted octanol–water partition coefficient (Wildman–Crippen LogP) is 2.83. The van der Waals surface area contributed by atoms with E-state index in [1.54, 1.807) is 6.92 Å². The highest BCUT2D eigenvalue weighted by molar-refractivity contribution is 9.09. The molecule has 1 aromatic carbocycles. The van der Waals surface area contributed by atoms with Crippen molar-refractivity contribution in [2.45, 2.75) is 87.8 Å². The molecule has 2 aliphatic rings. The van der Waals surface area contributed by atoms with E-state index in [4.69, 9.17) is 28.4 Å². The molecule has 0 radical (unpaired) electrons. The second kappa shape index (κ2) is 12.8. The smallest absolute Gasteiger partial charge is 0.303 e. The molecule has 9 nitrogen and oxygen atoms in total. The van der Waals surface area contributed by atoms with Crippen LogP contribution < -0.4 is 0 Å². The fraction of sp³-hybridized carbons (Fsp3) is 0.652. The van der Waals surface area contributed by atoms with Crippen molar-refractivity contribution < 1.29 is 43.1 Å². The van der Waals surface area contributed by atoms with E-state index < -0.39 is 66.0 Å². The first-order valence-corrected chi connectivity index (χ1v) is 13.1. The molecule has 0 saturated carbocycles. The fourth-order valence-electron chi connectivity index (χ4n) is 4.07. The number of halogens is 2. The molecule has 0 aromatic heterocycles. The average molecular weight is 610 g/mol. The molecular weight excluding hydrogens is 580 g/mol. The van der Waals surface area contributed by atoms with Crippen LogP contribution in [-0.2, 0) is 44.6 Å². The summed E-state index contributed by atoms with van der Waals surface area (Å²) in [5.41, 5.74) is 0.987. The van der Waals surface area contributed by atoms with Gasteiger partial charge >= 0.3 is 11.9 Å². The molecule has 11 heteroatoms. The summed E-state index contributed by atoms with van der Waals surface area (Å²) >= 11 is 6.91. The summed E-state index contributed by atoms with van der Waals surface area (Å²) < 4.78 is 35.1. The molecule has 0 aliphatic carbocycles. The number of ether oxygens (including phenoxy) is 6. The molecule has 2 fully saturated rings. The Hall–Kier alpha value is -1.08. The number of esters is 2. The van der Waals surface area contributed by atoms with Gasteiger partial charge in [0, 0.05) is 25.6 Å². The van der Waals surface area contributed by atoms with Gasteiger partial charge < -0.3 is 33.5 Å². The van der Waals surface area contributed by atoms with Crippen LogP contribution in [0, 0.1) is 0 Å². The normalized spacial score (nSPS) is 36.0. The van der Waals surface area contributed by atoms with Gasteiger partial charge in [-0.15, -0.1) is 0 Å². The maximum atomic E-state index is 11.8. The monoisotopic (exact) mass is 608 g/mol. The van der Waals surface area contributed by atoms with Crippen LogP contribution in [0.3, 0.4) is 0 Å². The lowest BCUT2D eigenvalue weighted by atomic mass is 9.99. The lowest BCUT2D eigenvalue weighted by Gasteiger charge is -2.46. The SMILES string of the molecule is CC(=O)O[C@@H]1[C@@H](Br)[C@H](O[C@@H]2[C@@H](C)O[C@H](O)C[C@H]2OCc2ccccc2)O[C@H](CBr)[C@H]1OC(C)=O. The largest absolute Gasteiger partial charge is 0.457 e. The number of aliphatic hydroxyl groups excluding tert-OH is 1. The molecule has 1 aromatic rings. The van der Waals surface area contributed by atoms with Gasteiger partial charge in [-0.25, -0.2) is 0 Å². The Morgan fingerprint density at radius 3 is 2.32 bits per heavy atom. The number of rotatable bonds is 8. The minimum absolute atomic E-state index is 0.215. The zero-order chi connectivity index (χ0) is 24.8. The number of hydrogen-bond acceptors (Lipinski definition) is 9. The lowest BCUT2D eigenvalue weighted by Crippen LogP contribution is -2.61. The molecule has 0 amide bonds. The minimum atomic E-state index is -0.986. The first-order chi connectivity index (χ1) is 16.2. The van der Waals surface area contributed by atoms with Gasteiger partial charge in [0.1, 0.15) is 17.0 Å². The lowest BCUT2D eigenvalue weighted by molar-refractivity contribution is -0.309. The van der Waals surface area contributed by atoms with Crippen molar-refractivity contribution in [3.63, 3.8) is 0 Å². The summed E-state index contributed by atoms with van der Waals surface area (Å²) in [6.45, 7) is 4.68. The number of aliphatic hydroxyl groups is 1. The van der Waals surface area contributed by atoms with Crippen LogP contribution in [0.5, 0.6) is 0 Å². The molecule has 34 heavy (non-hydrogen) atoms. The first kappa shape index (κ1) is 27.5. The van der Waals surface area contributed by atoms with Crippen molar-refractivity contribution in [3.8, 4) is 0 Å². The van der Waals surface area contributed by atoms with Gasteiger partial charge in [-0.05, 0) is 12.5 Å².